The molecule has 1 amide bonds. The summed E-state index contributed by atoms with van der Waals surface area (Å²) in [6.07, 6.45) is 0.963. The van der Waals surface area contributed by atoms with Gasteiger partial charge in [0.15, 0.2) is 0 Å². The zero-order valence-electron chi connectivity index (χ0n) is 13.2. The van der Waals surface area contributed by atoms with Crippen molar-refractivity contribution >= 4 is 17.6 Å². The number of ether oxygens (including phenoxy) is 2. The molecule has 0 aromatic heterocycles. The Hall–Kier alpha value is -2.08. The van der Waals surface area contributed by atoms with Crippen LogP contribution in [0.2, 0.25) is 0 Å². The number of aliphatic carboxylic acids is 1. The molecule has 3 atom stereocenters. The number of carboxylic acid groups (broad SMARTS) is 1. The number of hydrogen-bond acceptors (Lipinski definition) is 4. The topological polar surface area (TPSA) is 84.9 Å². The summed E-state index contributed by atoms with van der Waals surface area (Å²) in [4.78, 5) is 23.4. The number of carbonyl (C=O) groups excluding carboxylic acids is 1. The van der Waals surface area contributed by atoms with Crippen molar-refractivity contribution in [3.63, 3.8) is 0 Å². The van der Waals surface area contributed by atoms with Gasteiger partial charge in [0.05, 0.1) is 25.0 Å². The van der Waals surface area contributed by atoms with Gasteiger partial charge in [0.1, 0.15) is 11.9 Å². The normalized spacial score (nSPS) is 28.2. The Labute approximate surface area is 134 Å². The van der Waals surface area contributed by atoms with Crippen LogP contribution in [0.25, 0.3) is 0 Å². The quantitative estimate of drug-likeness (QED) is 0.868. The van der Waals surface area contributed by atoms with Crippen molar-refractivity contribution in [2.45, 2.75) is 26.4 Å². The SMILES string of the molecule is CC1(C)[C@H](C(=O)O)[C@@H]1C(=O)Nc1ccc(OC2CCOC2)cc1. The number of nitrogens with one attached hydrogen (secondary N) is 1. The molecule has 1 heterocycles. The molecule has 2 aliphatic rings. The van der Waals surface area contributed by atoms with Crippen LogP contribution in [0.3, 0.4) is 0 Å². The number of anilines is 1. The molecule has 1 aliphatic heterocycles. The third kappa shape index (κ3) is 3.17. The van der Waals surface area contributed by atoms with Crippen molar-refractivity contribution < 1.29 is 24.2 Å². The van der Waals surface area contributed by atoms with Gasteiger partial charge in [-0.15, -0.1) is 0 Å². The predicted molar refractivity (Wildman–Crippen MR) is 83.3 cm³/mol. The molecule has 1 saturated carbocycles. The first-order valence-electron chi connectivity index (χ1n) is 7.77. The van der Waals surface area contributed by atoms with Crippen molar-refractivity contribution in [3.05, 3.63) is 24.3 Å². The summed E-state index contributed by atoms with van der Waals surface area (Å²) < 4.78 is 11.0. The summed E-state index contributed by atoms with van der Waals surface area (Å²) >= 11 is 0. The molecule has 1 aliphatic carbocycles. The largest absolute Gasteiger partial charge is 0.488 e. The van der Waals surface area contributed by atoms with E-state index < -0.39 is 23.2 Å². The van der Waals surface area contributed by atoms with E-state index in [1.54, 1.807) is 38.1 Å². The highest BCUT2D eigenvalue weighted by Gasteiger charge is 2.65. The maximum atomic E-state index is 12.2. The Morgan fingerprint density at radius 1 is 1.26 bits per heavy atom. The van der Waals surface area contributed by atoms with E-state index in [4.69, 9.17) is 14.6 Å². The van der Waals surface area contributed by atoms with Gasteiger partial charge in [-0.05, 0) is 29.7 Å². The Bertz CT molecular complexity index is 604. The minimum Gasteiger partial charge on any atom is -0.488 e. The molecule has 2 N–H and O–H groups in total. The first-order chi connectivity index (χ1) is 10.9. The molecule has 3 rings (SSSR count). The van der Waals surface area contributed by atoms with Crippen LogP contribution >= 0.6 is 0 Å². The Morgan fingerprint density at radius 3 is 2.48 bits per heavy atom. The minimum absolute atomic E-state index is 0.0824. The van der Waals surface area contributed by atoms with Crippen LogP contribution < -0.4 is 10.1 Å². The van der Waals surface area contributed by atoms with Gasteiger partial charge >= 0.3 is 5.97 Å². The molecule has 1 saturated heterocycles. The number of amides is 1. The highest BCUT2D eigenvalue weighted by Crippen LogP contribution is 2.58. The van der Waals surface area contributed by atoms with Crippen LogP contribution in [-0.2, 0) is 14.3 Å². The summed E-state index contributed by atoms with van der Waals surface area (Å²) in [6, 6.07) is 7.10. The second-order valence-electron chi connectivity index (χ2n) is 6.73. The maximum absolute atomic E-state index is 12.2. The van der Waals surface area contributed by atoms with Crippen LogP contribution in [0, 0.1) is 17.3 Å². The molecule has 1 unspecified atom stereocenters. The van der Waals surface area contributed by atoms with Gasteiger partial charge in [0.2, 0.25) is 5.91 Å². The van der Waals surface area contributed by atoms with Gasteiger partial charge in [0.25, 0.3) is 0 Å². The summed E-state index contributed by atoms with van der Waals surface area (Å²) in [5.74, 6) is -1.55. The van der Waals surface area contributed by atoms with Gasteiger partial charge in [-0.3, -0.25) is 9.59 Å². The van der Waals surface area contributed by atoms with Crippen molar-refractivity contribution in [1.29, 1.82) is 0 Å². The van der Waals surface area contributed by atoms with Gasteiger partial charge < -0.3 is 19.9 Å². The molecular formula is C17H21NO5. The average Bonchev–Trinajstić information content (AvgIpc) is 2.83. The number of benzene rings is 1. The van der Waals surface area contributed by atoms with E-state index >= 15 is 0 Å². The fourth-order valence-corrected chi connectivity index (χ4v) is 3.22. The third-order valence-corrected chi connectivity index (χ3v) is 4.69. The van der Waals surface area contributed by atoms with Crippen molar-refractivity contribution in [3.8, 4) is 5.75 Å². The lowest BCUT2D eigenvalue weighted by Gasteiger charge is -2.12. The van der Waals surface area contributed by atoms with Gasteiger partial charge in [-0.25, -0.2) is 0 Å². The zero-order valence-corrected chi connectivity index (χ0v) is 13.2. The van der Waals surface area contributed by atoms with Crippen LogP contribution in [0.5, 0.6) is 5.75 Å². The standard InChI is InChI=1S/C17H21NO5/c1-17(2)13(14(17)16(20)21)15(19)18-10-3-5-11(6-4-10)23-12-7-8-22-9-12/h3-6,12-14H,7-9H2,1-2H3,(H,18,19)(H,20,21)/t12?,13-,14+/m1/s1. The fourth-order valence-electron chi connectivity index (χ4n) is 3.22. The molecule has 6 nitrogen and oxygen atoms in total. The second-order valence-corrected chi connectivity index (χ2v) is 6.73. The van der Waals surface area contributed by atoms with Crippen LogP contribution in [-0.4, -0.2) is 36.3 Å². The fraction of sp³-hybridized carbons (Fsp3) is 0.529. The number of carbonyl (C=O) groups is 2. The van der Waals surface area contributed by atoms with E-state index in [2.05, 4.69) is 5.32 Å². The van der Waals surface area contributed by atoms with Gasteiger partial charge in [-0.1, -0.05) is 13.8 Å². The van der Waals surface area contributed by atoms with E-state index in [0.29, 0.717) is 12.3 Å². The molecule has 0 spiro atoms. The Morgan fingerprint density at radius 2 is 1.96 bits per heavy atom. The predicted octanol–water partition coefficient (Wildman–Crippen LogP) is 2.15. The van der Waals surface area contributed by atoms with E-state index in [1.165, 1.54) is 0 Å². The molecule has 23 heavy (non-hydrogen) atoms. The highest BCUT2D eigenvalue weighted by atomic mass is 16.5. The Kier molecular flexibility index (Phi) is 4.02. The molecular weight excluding hydrogens is 298 g/mol. The monoisotopic (exact) mass is 319 g/mol. The number of hydrogen-bond donors (Lipinski definition) is 2. The molecule has 1 aromatic rings. The highest BCUT2D eigenvalue weighted by molar-refractivity contribution is 5.99. The smallest absolute Gasteiger partial charge is 0.307 e. The maximum Gasteiger partial charge on any atom is 0.307 e. The lowest BCUT2D eigenvalue weighted by Crippen LogP contribution is -2.18. The third-order valence-electron chi connectivity index (χ3n) is 4.69. The molecule has 6 heteroatoms. The molecule has 2 fully saturated rings. The van der Waals surface area contributed by atoms with Crippen molar-refractivity contribution in [2.75, 3.05) is 18.5 Å². The van der Waals surface area contributed by atoms with E-state index in [9.17, 15) is 9.59 Å². The van der Waals surface area contributed by atoms with Crippen LogP contribution in [0.15, 0.2) is 24.3 Å². The van der Waals surface area contributed by atoms with Crippen LogP contribution in [0.1, 0.15) is 20.3 Å². The minimum atomic E-state index is -0.919. The number of rotatable bonds is 5. The zero-order chi connectivity index (χ0) is 16.6. The first kappa shape index (κ1) is 15.8. The summed E-state index contributed by atoms with van der Waals surface area (Å²) in [5, 5.41) is 11.9. The van der Waals surface area contributed by atoms with Gasteiger partial charge in [-0.2, -0.15) is 0 Å². The lowest BCUT2D eigenvalue weighted by molar-refractivity contribution is -0.140. The van der Waals surface area contributed by atoms with Gasteiger partial charge in [0, 0.05) is 12.1 Å². The van der Waals surface area contributed by atoms with E-state index in [0.717, 1.165) is 18.8 Å². The summed E-state index contributed by atoms with van der Waals surface area (Å²) in [6.45, 7) is 4.93. The Balaban J connectivity index is 1.58. The summed E-state index contributed by atoms with van der Waals surface area (Å²) in [5.41, 5.74) is 0.137. The molecule has 0 radical (unpaired) electrons. The summed E-state index contributed by atoms with van der Waals surface area (Å²) in [7, 11) is 0. The average molecular weight is 319 g/mol. The van der Waals surface area contributed by atoms with E-state index in [1.807, 2.05) is 0 Å². The van der Waals surface area contributed by atoms with Crippen molar-refractivity contribution in [1.82, 2.24) is 0 Å². The van der Waals surface area contributed by atoms with Crippen molar-refractivity contribution in [2.24, 2.45) is 17.3 Å². The second kappa shape index (κ2) is 5.85. The molecule has 1 aromatic carbocycles. The van der Waals surface area contributed by atoms with Crippen LogP contribution in [0.4, 0.5) is 5.69 Å². The first-order valence-corrected chi connectivity index (χ1v) is 7.77. The molecule has 0 bridgehead atoms. The lowest BCUT2D eigenvalue weighted by atomic mass is 10.1. The van der Waals surface area contributed by atoms with E-state index in [-0.39, 0.29) is 12.0 Å². The number of carboxylic acids is 1. The molecule has 124 valence electrons.